The second kappa shape index (κ2) is 0.671. The lowest BCUT2D eigenvalue weighted by atomic mass is 9.08. The van der Waals surface area contributed by atoms with Crippen LogP contribution in [0.4, 0.5) is 0 Å². The Bertz CT molecular complexity index is 226. The van der Waals surface area contributed by atoms with E-state index in [0.717, 1.165) is 0 Å². The summed E-state index contributed by atoms with van der Waals surface area (Å²) in [4.78, 5) is 0. The van der Waals surface area contributed by atoms with E-state index in [9.17, 15) is 0 Å². The van der Waals surface area contributed by atoms with Crippen LogP contribution in [0.5, 0.6) is 0 Å². The third kappa shape index (κ3) is 0.123. The van der Waals surface area contributed by atoms with Crippen molar-refractivity contribution in [3.63, 3.8) is 0 Å². The summed E-state index contributed by atoms with van der Waals surface area (Å²) in [6, 6.07) is 0. The molecule has 0 amide bonds. The van der Waals surface area contributed by atoms with Gasteiger partial charge in [-0.05, 0) is 35.5 Å². The second-order valence-corrected chi connectivity index (χ2v) is 4.17. The summed E-state index contributed by atoms with van der Waals surface area (Å²) in [5.74, 6) is 7.40. The topological polar surface area (TPSA) is 0 Å². The van der Waals surface area contributed by atoms with Crippen LogP contribution >= 0.6 is 0 Å². The Morgan fingerprint density at radius 1 is 0.667 bits per heavy atom. The standard InChI is InChI=1S/C8H6.Si/c1-2-5-3(1)7-4(1)6(2)8(5)7;/h1-6H;. The van der Waals surface area contributed by atoms with Crippen LogP contribution in [-0.4, -0.2) is 11.0 Å². The molecule has 0 heterocycles. The zero-order valence-electron chi connectivity index (χ0n) is 4.96. The highest BCUT2D eigenvalue weighted by molar-refractivity contribution is 5.75. The van der Waals surface area contributed by atoms with Gasteiger partial charge in [0.15, 0.2) is 0 Å². The second-order valence-electron chi connectivity index (χ2n) is 4.17. The van der Waals surface area contributed by atoms with Crippen molar-refractivity contribution in [3.05, 3.63) is 11.1 Å². The van der Waals surface area contributed by atoms with Gasteiger partial charge < -0.3 is 0 Å². The van der Waals surface area contributed by atoms with Crippen LogP contribution in [-0.2, 0) is 0 Å². The van der Waals surface area contributed by atoms with Crippen LogP contribution in [0.3, 0.4) is 0 Å². The van der Waals surface area contributed by atoms with Gasteiger partial charge in [-0.15, -0.1) is 0 Å². The molecule has 4 radical (unpaired) electrons. The van der Waals surface area contributed by atoms with E-state index < -0.39 is 0 Å². The zero-order valence-corrected chi connectivity index (χ0v) is 5.96. The fourth-order valence-corrected chi connectivity index (χ4v) is 4.46. The normalized spacial score (nSPS) is 80.0. The van der Waals surface area contributed by atoms with Crippen molar-refractivity contribution in [3.8, 4) is 0 Å². The van der Waals surface area contributed by atoms with Crippen molar-refractivity contribution < 1.29 is 0 Å². The average molecular weight is 130 g/mol. The molecule has 9 heavy (non-hydrogen) atoms. The molecule has 4 fully saturated rings. The Morgan fingerprint density at radius 3 is 1.11 bits per heavy atom. The molecule has 4 saturated carbocycles. The quantitative estimate of drug-likeness (QED) is 0.334. The maximum Gasteiger partial charge on any atom is 0 e. The molecule has 6 aliphatic rings. The van der Waals surface area contributed by atoms with Gasteiger partial charge in [0, 0.05) is 11.0 Å². The monoisotopic (exact) mass is 130 g/mol. The van der Waals surface area contributed by atoms with E-state index in [2.05, 4.69) is 0 Å². The molecule has 0 bridgehead atoms. The van der Waals surface area contributed by atoms with E-state index in [1.54, 1.807) is 0 Å². The van der Waals surface area contributed by atoms with Gasteiger partial charge >= 0.3 is 0 Å². The SMILES string of the molecule is C12=C3C4C1C1C2C3C41.[Si]. The number of rotatable bonds is 0. The fourth-order valence-electron chi connectivity index (χ4n) is 4.46. The molecule has 6 rings (SSSR count). The van der Waals surface area contributed by atoms with E-state index in [1.807, 2.05) is 11.1 Å². The molecular formula is C8H6Si. The molecular weight excluding hydrogens is 124 g/mol. The lowest BCUT2D eigenvalue weighted by molar-refractivity contribution is -0.333. The number of allylic oxidation sites excluding steroid dienone is 2. The fraction of sp³-hybridized carbons (Fsp3) is 0.750. The Balaban J connectivity index is 0.000000288. The number of hydrogen-bond acceptors (Lipinski definition) is 0. The minimum absolute atomic E-state index is 0. The van der Waals surface area contributed by atoms with E-state index in [0.29, 0.717) is 0 Å². The first-order valence-corrected chi connectivity index (χ1v) is 3.74. The first-order valence-electron chi connectivity index (χ1n) is 3.74. The largest absolute Gasteiger partial charge is 0.0623 e. The molecule has 4 unspecified atom stereocenters. The maximum atomic E-state index is 1.97. The molecule has 4 atom stereocenters. The number of hydrogen-bond donors (Lipinski definition) is 0. The van der Waals surface area contributed by atoms with E-state index >= 15 is 0 Å². The Kier molecular flexibility index (Phi) is 0.296. The summed E-state index contributed by atoms with van der Waals surface area (Å²) >= 11 is 0. The molecule has 42 valence electrons. The average Bonchev–Trinajstić information content (AvgIpc) is 1.90. The van der Waals surface area contributed by atoms with Gasteiger partial charge in [-0.3, -0.25) is 0 Å². The van der Waals surface area contributed by atoms with Gasteiger partial charge in [-0.2, -0.15) is 0 Å². The molecule has 0 N–H and O–H groups in total. The molecule has 0 spiro atoms. The van der Waals surface area contributed by atoms with E-state index in [-0.39, 0.29) is 11.0 Å². The first kappa shape index (κ1) is 3.97. The summed E-state index contributed by atoms with van der Waals surface area (Å²) in [6.07, 6.45) is 0. The van der Waals surface area contributed by atoms with Gasteiger partial charge in [0.1, 0.15) is 0 Å². The van der Waals surface area contributed by atoms with Crippen LogP contribution in [0.25, 0.3) is 0 Å². The van der Waals surface area contributed by atoms with Gasteiger partial charge in [0.05, 0.1) is 0 Å². The van der Waals surface area contributed by atoms with Crippen LogP contribution in [0.15, 0.2) is 11.1 Å². The van der Waals surface area contributed by atoms with Gasteiger partial charge in [-0.25, -0.2) is 0 Å². The van der Waals surface area contributed by atoms with Crippen molar-refractivity contribution in [2.45, 2.75) is 0 Å². The van der Waals surface area contributed by atoms with E-state index in [1.165, 1.54) is 35.5 Å². The van der Waals surface area contributed by atoms with Crippen molar-refractivity contribution in [2.75, 3.05) is 0 Å². The Hall–Kier alpha value is -0.0431. The predicted octanol–water partition coefficient (Wildman–Crippen LogP) is 0.667. The molecule has 0 nitrogen and oxygen atoms in total. The lowest BCUT2D eigenvalue weighted by Gasteiger charge is -2.96. The summed E-state index contributed by atoms with van der Waals surface area (Å²) in [5.41, 5.74) is 3.93. The lowest BCUT2D eigenvalue weighted by Crippen LogP contribution is -2.90. The van der Waals surface area contributed by atoms with E-state index in [4.69, 9.17) is 0 Å². The summed E-state index contributed by atoms with van der Waals surface area (Å²) in [6.45, 7) is 0. The zero-order chi connectivity index (χ0) is 4.62. The molecule has 0 aromatic heterocycles. The summed E-state index contributed by atoms with van der Waals surface area (Å²) in [7, 11) is 0. The van der Waals surface area contributed by atoms with Crippen molar-refractivity contribution in [1.29, 1.82) is 0 Å². The molecule has 6 aliphatic carbocycles. The van der Waals surface area contributed by atoms with Gasteiger partial charge in [0.2, 0.25) is 0 Å². The molecule has 1 heteroatoms. The molecule has 0 aromatic carbocycles. The molecule has 0 aliphatic heterocycles. The molecule has 0 saturated heterocycles. The van der Waals surface area contributed by atoms with Crippen LogP contribution in [0, 0.1) is 35.5 Å². The first-order chi connectivity index (χ1) is 4.00. The highest BCUT2D eigenvalue weighted by Crippen LogP contribution is 2.97. The Labute approximate surface area is 58.3 Å². The van der Waals surface area contributed by atoms with Crippen molar-refractivity contribution >= 4 is 11.0 Å². The van der Waals surface area contributed by atoms with Crippen LogP contribution in [0.2, 0.25) is 0 Å². The minimum atomic E-state index is 0. The molecule has 0 aromatic rings. The summed E-state index contributed by atoms with van der Waals surface area (Å²) in [5, 5.41) is 0. The van der Waals surface area contributed by atoms with Crippen LogP contribution < -0.4 is 0 Å². The maximum absolute atomic E-state index is 1.97. The van der Waals surface area contributed by atoms with Crippen molar-refractivity contribution in [2.24, 2.45) is 35.5 Å². The highest BCUT2D eigenvalue weighted by atomic mass is 28.1. The smallest absolute Gasteiger partial charge is 0 e. The third-order valence-corrected chi connectivity index (χ3v) is 4.65. The van der Waals surface area contributed by atoms with Crippen molar-refractivity contribution in [1.82, 2.24) is 0 Å². The van der Waals surface area contributed by atoms with Gasteiger partial charge in [0.25, 0.3) is 0 Å². The van der Waals surface area contributed by atoms with Crippen LogP contribution in [0.1, 0.15) is 0 Å². The summed E-state index contributed by atoms with van der Waals surface area (Å²) < 4.78 is 0. The Morgan fingerprint density at radius 2 is 1.00 bits per heavy atom. The predicted molar refractivity (Wildman–Crippen MR) is 33.7 cm³/mol. The van der Waals surface area contributed by atoms with Gasteiger partial charge in [-0.1, -0.05) is 11.1 Å². The minimum Gasteiger partial charge on any atom is -0.0623 e. The third-order valence-electron chi connectivity index (χ3n) is 4.65. The highest BCUT2D eigenvalue weighted by Gasteiger charge is 2.91.